The average molecular weight is 493 g/mol. The second kappa shape index (κ2) is 9.20. The van der Waals surface area contributed by atoms with Crippen LogP contribution in [0.25, 0.3) is 0 Å². The molecule has 7 heteroatoms. The minimum absolute atomic E-state index is 0.0530. The molecule has 0 unspecified atom stereocenters. The molecule has 0 aromatic carbocycles. The quantitative estimate of drug-likeness (QED) is 0.406. The number of halogens is 2. The maximum atomic E-state index is 17.1. The predicted octanol–water partition coefficient (Wildman–Crippen LogP) is 4.86. The Balaban J connectivity index is 1.59. The van der Waals surface area contributed by atoms with Crippen molar-refractivity contribution in [1.29, 1.82) is 0 Å². The van der Waals surface area contributed by atoms with Gasteiger partial charge in [0.2, 0.25) is 0 Å². The van der Waals surface area contributed by atoms with Crippen molar-refractivity contribution in [3.63, 3.8) is 0 Å². The molecule has 0 heterocycles. The molecule has 194 valence electrons. The van der Waals surface area contributed by atoms with Crippen molar-refractivity contribution in [1.82, 2.24) is 0 Å². The van der Waals surface area contributed by atoms with Gasteiger partial charge in [0.1, 0.15) is 12.8 Å². The lowest BCUT2D eigenvalue weighted by Crippen LogP contribution is -2.68. The molecule has 4 rings (SSSR count). The number of aliphatic hydroxyl groups excluding tert-OH is 1. The first kappa shape index (κ1) is 26.2. The largest absolute Gasteiger partial charge is 0.458 e. The molecular weight excluding hydrogens is 454 g/mol. The van der Waals surface area contributed by atoms with Crippen LogP contribution >= 0.6 is 0 Å². The van der Waals surface area contributed by atoms with Gasteiger partial charge in [-0.2, -0.15) is 0 Å². The zero-order chi connectivity index (χ0) is 25.8. The highest BCUT2D eigenvalue weighted by Crippen LogP contribution is 2.70. The highest BCUT2D eigenvalue weighted by Gasteiger charge is 2.73. The third-order valence-corrected chi connectivity index (χ3v) is 9.68. The summed E-state index contributed by atoms with van der Waals surface area (Å²) in [6.45, 7) is 7.12. The van der Waals surface area contributed by atoms with Gasteiger partial charge in [-0.25, -0.2) is 8.78 Å². The summed E-state index contributed by atoms with van der Waals surface area (Å²) in [4.78, 5) is 37.3. The topological polar surface area (TPSA) is 80.7 Å². The van der Waals surface area contributed by atoms with Crippen LogP contribution in [0.15, 0.2) is 23.8 Å². The first-order chi connectivity index (χ1) is 16.4. The van der Waals surface area contributed by atoms with Gasteiger partial charge < -0.3 is 9.84 Å². The standard InChI is InChI=1S/C28H38F2O5/c1-5-6-7-8-24(34)35-15-22(32)25-16(2)11-18-19-13-21(29)20-12-17(31)9-10-27(20,4)28(19,30)23(33)14-26(18,25)3/h9-10,12,16,18-19,21,23,25,33H,5-8,11,13-15H2,1-4H3/t16-,18+,19+,21+,23+,25-,26+,27+,28+/m1/s1. The maximum absolute atomic E-state index is 17.1. The number of aliphatic hydroxyl groups is 1. The lowest BCUT2D eigenvalue weighted by atomic mass is 9.45. The van der Waals surface area contributed by atoms with Gasteiger partial charge in [-0.15, -0.1) is 0 Å². The number of ketones is 2. The lowest BCUT2D eigenvalue weighted by molar-refractivity contribution is -0.202. The summed E-state index contributed by atoms with van der Waals surface area (Å²) in [7, 11) is 0. The molecule has 35 heavy (non-hydrogen) atoms. The summed E-state index contributed by atoms with van der Waals surface area (Å²) in [5.74, 6) is -2.73. The third-order valence-electron chi connectivity index (χ3n) is 9.68. The van der Waals surface area contributed by atoms with E-state index in [1.807, 2.05) is 20.8 Å². The van der Waals surface area contributed by atoms with Crippen LogP contribution in [0.5, 0.6) is 0 Å². The fourth-order valence-corrected chi connectivity index (χ4v) is 8.09. The van der Waals surface area contributed by atoms with Crippen LogP contribution in [0, 0.1) is 34.5 Å². The lowest BCUT2D eigenvalue weighted by Gasteiger charge is -2.62. The molecule has 0 bridgehead atoms. The van der Waals surface area contributed by atoms with Crippen LogP contribution in [0.4, 0.5) is 8.78 Å². The van der Waals surface area contributed by atoms with E-state index in [0.29, 0.717) is 6.42 Å². The van der Waals surface area contributed by atoms with E-state index in [1.54, 1.807) is 6.92 Å². The van der Waals surface area contributed by atoms with Crippen molar-refractivity contribution in [2.45, 2.75) is 90.6 Å². The molecule has 3 saturated carbocycles. The van der Waals surface area contributed by atoms with E-state index in [1.165, 1.54) is 18.2 Å². The molecule has 4 aliphatic carbocycles. The van der Waals surface area contributed by atoms with Crippen molar-refractivity contribution in [2.24, 2.45) is 34.5 Å². The molecule has 4 aliphatic rings. The molecule has 0 radical (unpaired) electrons. The number of hydrogen-bond acceptors (Lipinski definition) is 5. The molecule has 3 fully saturated rings. The number of hydrogen-bond donors (Lipinski definition) is 1. The summed E-state index contributed by atoms with van der Waals surface area (Å²) in [6.07, 6.45) is 4.29. The second-order valence-electron chi connectivity index (χ2n) is 11.7. The van der Waals surface area contributed by atoms with Gasteiger partial charge in [-0.1, -0.05) is 39.7 Å². The smallest absolute Gasteiger partial charge is 0.306 e. The minimum atomic E-state index is -2.15. The Morgan fingerprint density at radius 2 is 1.91 bits per heavy atom. The summed E-state index contributed by atoms with van der Waals surface area (Å²) in [6, 6.07) is 0. The maximum Gasteiger partial charge on any atom is 0.306 e. The number of carbonyl (C=O) groups excluding carboxylic acids is 3. The first-order valence-electron chi connectivity index (χ1n) is 13.0. The number of fused-ring (bicyclic) bond motifs is 5. The Hall–Kier alpha value is -1.89. The van der Waals surface area contributed by atoms with Crippen molar-refractivity contribution in [3.8, 4) is 0 Å². The van der Waals surface area contributed by atoms with Gasteiger partial charge in [-0.3, -0.25) is 14.4 Å². The first-order valence-corrected chi connectivity index (χ1v) is 13.0. The van der Waals surface area contributed by atoms with Crippen molar-refractivity contribution in [3.05, 3.63) is 23.8 Å². The van der Waals surface area contributed by atoms with E-state index in [9.17, 15) is 19.5 Å². The molecule has 9 atom stereocenters. The highest BCUT2D eigenvalue weighted by atomic mass is 19.1. The average Bonchev–Trinajstić information content (AvgIpc) is 3.05. The summed E-state index contributed by atoms with van der Waals surface area (Å²) < 4.78 is 37.8. The van der Waals surface area contributed by atoms with Gasteiger partial charge in [0, 0.05) is 23.7 Å². The summed E-state index contributed by atoms with van der Waals surface area (Å²) in [5, 5.41) is 11.3. The third kappa shape index (κ3) is 3.93. The van der Waals surface area contributed by atoms with Gasteiger partial charge in [0.05, 0.1) is 6.10 Å². The molecule has 1 N–H and O–H groups in total. The molecule has 0 saturated heterocycles. The minimum Gasteiger partial charge on any atom is -0.458 e. The van der Waals surface area contributed by atoms with E-state index >= 15 is 8.78 Å². The fraction of sp³-hybridized carbons (Fsp3) is 0.750. The Kier molecular flexibility index (Phi) is 6.88. The fourth-order valence-electron chi connectivity index (χ4n) is 8.09. The number of rotatable bonds is 7. The molecule has 0 amide bonds. The van der Waals surface area contributed by atoms with Crippen LogP contribution in [0.2, 0.25) is 0 Å². The number of ether oxygens (including phenoxy) is 1. The van der Waals surface area contributed by atoms with Crippen molar-refractivity contribution in [2.75, 3.05) is 6.61 Å². The normalized spacial score (nSPS) is 44.2. The molecule has 0 aliphatic heterocycles. The number of alkyl halides is 2. The Morgan fingerprint density at radius 1 is 1.20 bits per heavy atom. The Morgan fingerprint density at radius 3 is 2.60 bits per heavy atom. The Labute approximate surface area is 206 Å². The van der Waals surface area contributed by atoms with E-state index in [4.69, 9.17) is 4.74 Å². The zero-order valence-electron chi connectivity index (χ0n) is 21.2. The van der Waals surface area contributed by atoms with Crippen LogP contribution < -0.4 is 0 Å². The number of unbranched alkanes of at least 4 members (excludes halogenated alkanes) is 2. The number of Topliss-reactive ketones (excluding diaryl/α,β-unsaturated/α-hetero) is 1. The van der Waals surface area contributed by atoms with Crippen molar-refractivity contribution < 1.29 is 33.0 Å². The molecule has 0 spiro atoms. The van der Waals surface area contributed by atoms with Gasteiger partial charge >= 0.3 is 5.97 Å². The monoisotopic (exact) mass is 492 g/mol. The molecular formula is C28H38F2O5. The molecule has 0 aromatic heterocycles. The van der Waals surface area contributed by atoms with Crippen LogP contribution in [-0.2, 0) is 19.1 Å². The predicted molar refractivity (Wildman–Crippen MR) is 127 cm³/mol. The van der Waals surface area contributed by atoms with Crippen LogP contribution in [0.1, 0.15) is 72.6 Å². The highest BCUT2D eigenvalue weighted by molar-refractivity contribution is 6.01. The molecule has 0 aromatic rings. The summed E-state index contributed by atoms with van der Waals surface area (Å²) in [5.41, 5.74) is -4.22. The van der Waals surface area contributed by atoms with Gasteiger partial charge in [0.15, 0.2) is 17.2 Å². The number of esters is 1. The van der Waals surface area contributed by atoms with Crippen molar-refractivity contribution >= 4 is 17.5 Å². The van der Waals surface area contributed by atoms with Crippen LogP contribution in [0.3, 0.4) is 0 Å². The van der Waals surface area contributed by atoms with Crippen LogP contribution in [-0.4, -0.2) is 47.2 Å². The summed E-state index contributed by atoms with van der Waals surface area (Å²) >= 11 is 0. The van der Waals surface area contributed by atoms with E-state index in [2.05, 4.69) is 0 Å². The zero-order valence-corrected chi connectivity index (χ0v) is 21.2. The second-order valence-corrected chi connectivity index (χ2v) is 11.7. The van der Waals surface area contributed by atoms with E-state index < -0.39 is 46.6 Å². The SMILES string of the molecule is CCCCCC(=O)OCC(=O)[C@H]1[C@H](C)C[C@H]2[C@@H]3C[C@H](F)C4=CC(=O)C=C[C@]4(C)[C@@]3(F)[C@@H](O)C[C@@]21C. The Bertz CT molecular complexity index is 959. The number of carbonyl (C=O) groups is 3. The van der Waals surface area contributed by atoms with Gasteiger partial charge in [-0.05, 0) is 67.6 Å². The van der Waals surface area contributed by atoms with E-state index in [0.717, 1.165) is 19.3 Å². The number of allylic oxidation sites excluding steroid dienone is 4. The molecule has 5 nitrogen and oxygen atoms in total. The van der Waals surface area contributed by atoms with E-state index in [-0.39, 0.29) is 54.8 Å². The van der Waals surface area contributed by atoms with Gasteiger partial charge in [0.25, 0.3) is 0 Å².